The number of carbonyl (C=O) groups excluding carboxylic acids is 6. The topological polar surface area (TPSA) is 160 Å². The number of hydrogen-bond donors (Lipinski definition) is 3. The fraction of sp³-hybridized carbons (Fsp3) is 0.586. The van der Waals surface area contributed by atoms with Crippen molar-refractivity contribution in [3.63, 3.8) is 0 Å². The summed E-state index contributed by atoms with van der Waals surface area (Å²) in [5.74, 6) is -0.641. The molecule has 0 unspecified atom stereocenters. The quantitative estimate of drug-likeness (QED) is 0.0849. The first-order valence-electron chi connectivity index (χ1n) is 14.6. The van der Waals surface area contributed by atoms with E-state index in [1.54, 1.807) is 24.3 Å². The number of benzene rings is 1. The third-order valence-electron chi connectivity index (χ3n) is 7.43. The molecule has 3 N–H and O–H groups in total. The Balaban J connectivity index is 0.984. The monoisotopic (exact) mass is 602 g/mol. The normalized spacial score (nSPS) is 21.1. The second kappa shape index (κ2) is 15.6. The number of imide groups is 1. The number of nitrogens with one attached hydrogen (secondary N) is 3. The molecule has 4 rings (SSSR count). The number of hydroxylamine groups is 2. The molecule has 5 amide bonds. The molecule has 0 spiro atoms. The Kier molecular flexibility index (Phi) is 11.6. The van der Waals surface area contributed by atoms with E-state index in [1.807, 2.05) is 11.8 Å². The number of aryl methyl sites for hydroxylation is 1. The van der Waals surface area contributed by atoms with E-state index in [0.29, 0.717) is 41.9 Å². The highest BCUT2D eigenvalue weighted by Crippen LogP contribution is 2.33. The molecule has 1 aromatic carbocycles. The van der Waals surface area contributed by atoms with Crippen molar-refractivity contribution in [2.24, 2.45) is 0 Å². The van der Waals surface area contributed by atoms with Crippen LogP contribution in [0.2, 0.25) is 0 Å². The van der Waals surface area contributed by atoms with Crippen molar-refractivity contribution in [1.29, 1.82) is 0 Å². The number of rotatable bonds is 16. The van der Waals surface area contributed by atoms with Crippen LogP contribution in [0.15, 0.2) is 24.3 Å². The Morgan fingerprint density at radius 3 is 2.38 bits per heavy atom. The molecule has 0 aromatic heterocycles. The van der Waals surface area contributed by atoms with Gasteiger partial charge in [-0.3, -0.25) is 19.2 Å². The van der Waals surface area contributed by atoms with Crippen LogP contribution in [0.3, 0.4) is 0 Å². The highest BCUT2D eigenvalue weighted by atomic mass is 32.2. The fourth-order valence-electron chi connectivity index (χ4n) is 5.12. The molecule has 1 aromatic rings. The zero-order valence-corrected chi connectivity index (χ0v) is 24.4. The number of hydrogen-bond acceptors (Lipinski definition) is 9. The number of ether oxygens (including phenoxy) is 1. The van der Waals surface area contributed by atoms with Crippen molar-refractivity contribution in [3.05, 3.63) is 29.8 Å². The van der Waals surface area contributed by atoms with Gasteiger partial charge in [0, 0.05) is 43.2 Å². The minimum atomic E-state index is -0.666. The molecule has 3 heterocycles. The Bertz CT molecular complexity index is 1140. The van der Waals surface area contributed by atoms with E-state index in [0.717, 1.165) is 43.4 Å². The number of carbonyl (C=O) groups is 6. The van der Waals surface area contributed by atoms with Crippen LogP contribution < -0.4 is 20.7 Å². The summed E-state index contributed by atoms with van der Waals surface area (Å²) in [6.45, 7) is 0.577. The lowest BCUT2D eigenvalue weighted by atomic mass is 10.0. The maximum absolute atomic E-state index is 12.2. The van der Waals surface area contributed by atoms with Gasteiger partial charge in [0.05, 0.1) is 18.5 Å². The fourth-order valence-corrected chi connectivity index (χ4v) is 6.66. The summed E-state index contributed by atoms with van der Waals surface area (Å²) in [4.78, 5) is 75.5. The van der Waals surface area contributed by atoms with Crippen LogP contribution in [0.1, 0.15) is 76.2 Å². The van der Waals surface area contributed by atoms with E-state index in [-0.39, 0.29) is 55.7 Å². The molecular formula is C29H38N4O8S. The van der Waals surface area contributed by atoms with Gasteiger partial charge < -0.3 is 25.5 Å². The van der Waals surface area contributed by atoms with Crippen LogP contribution in [-0.4, -0.2) is 70.4 Å². The van der Waals surface area contributed by atoms with Gasteiger partial charge in [-0.1, -0.05) is 25.0 Å². The molecule has 0 saturated carbocycles. The Hall–Kier alpha value is -3.61. The molecule has 0 bridgehead atoms. The first-order valence-corrected chi connectivity index (χ1v) is 15.6. The van der Waals surface area contributed by atoms with Crippen molar-refractivity contribution in [2.45, 2.75) is 94.4 Å². The summed E-state index contributed by atoms with van der Waals surface area (Å²) in [6.07, 6.45) is 6.21. The summed E-state index contributed by atoms with van der Waals surface area (Å²) in [5.41, 5.74) is 0.815. The molecule has 228 valence electrons. The van der Waals surface area contributed by atoms with Crippen LogP contribution in [0.5, 0.6) is 5.75 Å². The number of esters is 1. The maximum Gasteiger partial charge on any atom is 0.333 e. The predicted molar refractivity (Wildman–Crippen MR) is 153 cm³/mol. The molecule has 3 saturated heterocycles. The van der Waals surface area contributed by atoms with Gasteiger partial charge in [-0.2, -0.15) is 11.8 Å². The van der Waals surface area contributed by atoms with E-state index in [2.05, 4.69) is 16.0 Å². The molecule has 13 heteroatoms. The number of amides is 5. The number of nitrogens with zero attached hydrogens (tertiary/aromatic N) is 1. The third kappa shape index (κ3) is 9.47. The Labute approximate surface area is 248 Å². The van der Waals surface area contributed by atoms with Crippen LogP contribution in [0, 0.1) is 0 Å². The van der Waals surface area contributed by atoms with Crippen molar-refractivity contribution in [1.82, 2.24) is 21.0 Å². The first-order chi connectivity index (χ1) is 20.3. The van der Waals surface area contributed by atoms with E-state index >= 15 is 0 Å². The number of unbranched alkanes of at least 4 members (excludes halogenated alkanes) is 3. The van der Waals surface area contributed by atoms with Gasteiger partial charge in [0.1, 0.15) is 5.75 Å². The van der Waals surface area contributed by atoms with Crippen molar-refractivity contribution in [3.8, 4) is 5.75 Å². The van der Waals surface area contributed by atoms with E-state index in [9.17, 15) is 28.8 Å². The standard InChI is InChI=1S/C29H38N4O8S/c34-23(7-4-3-6-22-28-21(18-42-22)31-29(39)32-28)30-17-5-1-2-8-26(37)40-20-12-9-19(10-13-20)11-16-27(38)41-33-24(35)14-15-25(33)36/h9-10,12-13,21-22,28H,1-8,11,14-18H2,(H,30,34)(H2,31,32,39)/t21-,22-,28-/m0/s1. The van der Waals surface area contributed by atoms with Crippen molar-refractivity contribution in [2.75, 3.05) is 12.3 Å². The van der Waals surface area contributed by atoms with Gasteiger partial charge >= 0.3 is 18.0 Å². The molecular weight excluding hydrogens is 564 g/mol. The predicted octanol–water partition coefficient (Wildman–Crippen LogP) is 2.53. The highest BCUT2D eigenvalue weighted by molar-refractivity contribution is 8.00. The van der Waals surface area contributed by atoms with Crippen LogP contribution in [0.4, 0.5) is 4.79 Å². The minimum absolute atomic E-state index is 0.00287. The molecule has 12 nitrogen and oxygen atoms in total. The van der Waals surface area contributed by atoms with E-state index < -0.39 is 17.8 Å². The second-order valence-corrected chi connectivity index (χ2v) is 12.0. The molecule has 3 fully saturated rings. The zero-order valence-electron chi connectivity index (χ0n) is 23.6. The molecule has 3 aliphatic heterocycles. The largest absolute Gasteiger partial charge is 0.427 e. The summed E-state index contributed by atoms with van der Waals surface area (Å²) >= 11 is 1.88. The average Bonchev–Trinajstić information content (AvgIpc) is 3.62. The SMILES string of the molecule is O=C(CCCC[C@@H]1SC[C@@H]2NC(=O)N[C@@H]21)NCCCCCC(=O)Oc1ccc(CCC(=O)ON2C(=O)CCC2=O)cc1. The summed E-state index contributed by atoms with van der Waals surface area (Å²) in [6, 6.07) is 7.12. The van der Waals surface area contributed by atoms with Gasteiger partial charge in [-0.25, -0.2) is 9.59 Å². The van der Waals surface area contributed by atoms with Crippen molar-refractivity contribution >= 4 is 47.5 Å². The highest BCUT2D eigenvalue weighted by Gasteiger charge is 2.42. The lowest BCUT2D eigenvalue weighted by Crippen LogP contribution is -2.36. The number of thioether (sulfide) groups is 1. The van der Waals surface area contributed by atoms with Crippen LogP contribution >= 0.6 is 11.8 Å². The van der Waals surface area contributed by atoms with E-state index in [4.69, 9.17) is 9.57 Å². The van der Waals surface area contributed by atoms with Gasteiger partial charge in [-0.05, 0) is 49.8 Å². The molecule has 0 radical (unpaired) electrons. The third-order valence-corrected chi connectivity index (χ3v) is 8.94. The molecule has 42 heavy (non-hydrogen) atoms. The molecule has 0 aliphatic carbocycles. The maximum atomic E-state index is 12.2. The molecule has 3 aliphatic rings. The van der Waals surface area contributed by atoms with Crippen molar-refractivity contribution < 1.29 is 38.3 Å². The Morgan fingerprint density at radius 1 is 0.881 bits per heavy atom. The second-order valence-electron chi connectivity index (χ2n) is 10.7. The van der Waals surface area contributed by atoms with Crippen LogP contribution in [-0.2, 0) is 35.2 Å². The van der Waals surface area contributed by atoms with Gasteiger partial charge in [0.2, 0.25) is 5.91 Å². The van der Waals surface area contributed by atoms with Gasteiger partial charge in [0.25, 0.3) is 11.8 Å². The van der Waals surface area contributed by atoms with Crippen LogP contribution in [0.25, 0.3) is 0 Å². The molecule has 3 atom stereocenters. The Morgan fingerprint density at radius 2 is 1.62 bits per heavy atom. The minimum Gasteiger partial charge on any atom is -0.427 e. The zero-order chi connectivity index (χ0) is 29.9. The van der Waals surface area contributed by atoms with Gasteiger partial charge in [0.15, 0.2) is 0 Å². The number of urea groups is 1. The number of fused-ring (bicyclic) bond motifs is 1. The smallest absolute Gasteiger partial charge is 0.333 e. The lowest BCUT2D eigenvalue weighted by Gasteiger charge is -2.16. The summed E-state index contributed by atoms with van der Waals surface area (Å²) in [7, 11) is 0. The van der Waals surface area contributed by atoms with Gasteiger partial charge in [-0.15, -0.1) is 5.06 Å². The first kappa shape index (κ1) is 31.3. The summed E-state index contributed by atoms with van der Waals surface area (Å²) < 4.78 is 5.36. The average molecular weight is 603 g/mol. The van der Waals surface area contributed by atoms with E-state index in [1.165, 1.54) is 0 Å². The lowest BCUT2D eigenvalue weighted by molar-refractivity contribution is -0.197. The summed E-state index contributed by atoms with van der Waals surface area (Å²) in [5, 5.41) is 9.81.